The van der Waals surface area contributed by atoms with Crippen LogP contribution in [0.4, 0.5) is 0 Å². The molecule has 1 aliphatic heterocycles. The number of aromatic hydroxyl groups is 1. The van der Waals surface area contributed by atoms with Gasteiger partial charge < -0.3 is 9.84 Å². The highest BCUT2D eigenvalue weighted by Gasteiger charge is 2.29. The topological polar surface area (TPSA) is 76.0 Å². The number of rotatable bonds is 1. The van der Waals surface area contributed by atoms with Gasteiger partial charge in [-0.25, -0.2) is 0 Å². The molecule has 0 fully saturated rings. The quantitative estimate of drug-likeness (QED) is 0.862. The van der Waals surface area contributed by atoms with Crippen molar-refractivity contribution in [3.8, 4) is 11.5 Å². The lowest BCUT2D eigenvalue weighted by Gasteiger charge is -2.05. The third kappa shape index (κ3) is 2.06. The molecular formula is C13H9NO4S. The summed E-state index contributed by atoms with van der Waals surface area (Å²) in [6.07, 6.45) is 0. The van der Waals surface area contributed by atoms with Crippen molar-refractivity contribution < 1.29 is 18.3 Å². The van der Waals surface area contributed by atoms with Crippen molar-refractivity contribution in [2.24, 2.45) is 4.40 Å². The minimum Gasteiger partial charge on any atom is -0.508 e. The van der Waals surface area contributed by atoms with Gasteiger partial charge in [-0.2, -0.15) is 8.42 Å². The van der Waals surface area contributed by atoms with Crippen molar-refractivity contribution in [3.05, 3.63) is 54.1 Å². The van der Waals surface area contributed by atoms with Gasteiger partial charge in [-0.1, -0.05) is 12.1 Å². The highest BCUT2D eigenvalue weighted by Crippen LogP contribution is 2.27. The lowest BCUT2D eigenvalue weighted by Crippen LogP contribution is -2.07. The summed E-state index contributed by atoms with van der Waals surface area (Å²) >= 11 is 0. The standard InChI is InChI=1S/C13H9NO4S/c15-9-5-7-10(8-6-9)18-13-11-3-1-2-4-12(11)19(16,17)14-13/h1-8,15H. The van der Waals surface area contributed by atoms with Gasteiger partial charge in [0.25, 0.3) is 10.0 Å². The van der Waals surface area contributed by atoms with Crippen molar-refractivity contribution >= 4 is 15.9 Å². The van der Waals surface area contributed by atoms with Gasteiger partial charge in [-0.3, -0.25) is 0 Å². The molecule has 19 heavy (non-hydrogen) atoms. The lowest BCUT2D eigenvalue weighted by molar-refractivity contribution is 0.473. The van der Waals surface area contributed by atoms with Gasteiger partial charge in [0, 0.05) is 0 Å². The molecule has 0 saturated carbocycles. The monoisotopic (exact) mass is 275 g/mol. The molecule has 0 spiro atoms. The maximum absolute atomic E-state index is 11.8. The molecule has 2 aromatic rings. The molecule has 5 nitrogen and oxygen atoms in total. The summed E-state index contributed by atoms with van der Waals surface area (Å²) in [5.41, 5.74) is 0.440. The van der Waals surface area contributed by atoms with E-state index in [4.69, 9.17) is 4.74 Å². The first-order valence-electron chi connectivity index (χ1n) is 5.47. The summed E-state index contributed by atoms with van der Waals surface area (Å²) in [6.45, 7) is 0. The molecule has 0 saturated heterocycles. The Labute approximate surface area is 109 Å². The molecule has 0 atom stereocenters. The molecule has 0 amide bonds. The molecule has 3 rings (SSSR count). The minimum atomic E-state index is -3.67. The fourth-order valence-electron chi connectivity index (χ4n) is 1.78. The maximum atomic E-state index is 11.8. The highest BCUT2D eigenvalue weighted by atomic mass is 32.2. The number of benzene rings is 2. The van der Waals surface area contributed by atoms with Crippen LogP contribution in [0.15, 0.2) is 57.8 Å². The van der Waals surface area contributed by atoms with Crippen LogP contribution in [0.25, 0.3) is 0 Å². The van der Waals surface area contributed by atoms with Crippen LogP contribution in [0.1, 0.15) is 5.56 Å². The van der Waals surface area contributed by atoms with Gasteiger partial charge in [0.2, 0.25) is 5.90 Å². The SMILES string of the molecule is O=S1(=O)N=C(Oc2ccc(O)cc2)c2ccccc21. The number of ether oxygens (including phenoxy) is 1. The average Bonchev–Trinajstić information content (AvgIpc) is 2.65. The molecule has 1 aliphatic rings. The van der Waals surface area contributed by atoms with Gasteiger partial charge in [-0.05, 0) is 36.4 Å². The van der Waals surface area contributed by atoms with Gasteiger partial charge in [-0.15, -0.1) is 4.40 Å². The predicted octanol–water partition coefficient (Wildman–Crippen LogP) is 1.92. The Kier molecular flexibility index (Phi) is 2.53. The Morgan fingerprint density at radius 3 is 2.42 bits per heavy atom. The van der Waals surface area contributed by atoms with Gasteiger partial charge in [0.05, 0.1) is 5.56 Å². The summed E-state index contributed by atoms with van der Waals surface area (Å²) < 4.78 is 32.7. The largest absolute Gasteiger partial charge is 0.508 e. The second kappa shape index (κ2) is 4.10. The zero-order chi connectivity index (χ0) is 13.5. The van der Waals surface area contributed by atoms with Crippen LogP contribution in [-0.4, -0.2) is 19.4 Å². The van der Waals surface area contributed by atoms with Crippen LogP contribution >= 0.6 is 0 Å². The van der Waals surface area contributed by atoms with E-state index in [9.17, 15) is 13.5 Å². The fraction of sp³-hybridized carbons (Fsp3) is 0. The number of phenolic OH excluding ortho intramolecular Hbond substituents is 1. The number of sulfonamides is 1. The van der Waals surface area contributed by atoms with E-state index in [1.54, 1.807) is 18.2 Å². The summed E-state index contributed by atoms with van der Waals surface area (Å²) in [4.78, 5) is 0.142. The third-order valence-corrected chi connectivity index (χ3v) is 3.97. The average molecular weight is 275 g/mol. The van der Waals surface area contributed by atoms with Crippen molar-refractivity contribution in [1.82, 2.24) is 0 Å². The van der Waals surface area contributed by atoms with Crippen LogP contribution in [-0.2, 0) is 10.0 Å². The van der Waals surface area contributed by atoms with Crippen molar-refractivity contribution in [1.29, 1.82) is 0 Å². The smallest absolute Gasteiger partial charge is 0.286 e. The van der Waals surface area contributed by atoms with Crippen LogP contribution in [0.2, 0.25) is 0 Å². The molecule has 0 radical (unpaired) electrons. The van der Waals surface area contributed by atoms with Crippen molar-refractivity contribution in [2.75, 3.05) is 0 Å². The second-order valence-electron chi connectivity index (χ2n) is 3.96. The Hall–Kier alpha value is -2.34. The third-order valence-electron chi connectivity index (χ3n) is 2.65. The Bertz CT molecular complexity index is 763. The normalized spacial score (nSPS) is 15.7. The van der Waals surface area contributed by atoms with E-state index in [1.807, 2.05) is 0 Å². The number of nitrogens with zero attached hydrogens (tertiary/aromatic N) is 1. The van der Waals surface area contributed by atoms with Crippen molar-refractivity contribution in [2.45, 2.75) is 4.90 Å². The van der Waals surface area contributed by atoms with E-state index in [1.165, 1.54) is 30.3 Å². The molecular weight excluding hydrogens is 266 g/mol. The fourth-order valence-corrected chi connectivity index (χ4v) is 2.91. The zero-order valence-electron chi connectivity index (χ0n) is 9.65. The summed E-state index contributed by atoms with van der Waals surface area (Å²) in [6, 6.07) is 12.4. The summed E-state index contributed by atoms with van der Waals surface area (Å²) in [5.74, 6) is 0.554. The van der Waals surface area contributed by atoms with Gasteiger partial charge >= 0.3 is 0 Å². The molecule has 0 aromatic heterocycles. The molecule has 1 heterocycles. The molecule has 0 bridgehead atoms. The number of hydrogen-bond donors (Lipinski definition) is 1. The Morgan fingerprint density at radius 1 is 1.00 bits per heavy atom. The van der Waals surface area contributed by atoms with E-state index >= 15 is 0 Å². The van der Waals surface area contributed by atoms with Gasteiger partial charge in [0.15, 0.2) is 0 Å². The van der Waals surface area contributed by atoms with E-state index in [0.717, 1.165) is 0 Å². The van der Waals surface area contributed by atoms with Crippen LogP contribution in [0, 0.1) is 0 Å². The number of phenols is 1. The second-order valence-corrected chi connectivity index (χ2v) is 5.54. The molecule has 0 aliphatic carbocycles. The maximum Gasteiger partial charge on any atom is 0.286 e. The lowest BCUT2D eigenvalue weighted by atomic mass is 10.2. The summed E-state index contributed by atoms with van der Waals surface area (Å²) in [7, 11) is -3.67. The Balaban J connectivity index is 2.01. The molecule has 6 heteroatoms. The molecule has 1 N–H and O–H groups in total. The van der Waals surface area contributed by atoms with Gasteiger partial charge in [0.1, 0.15) is 16.4 Å². The number of hydrogen-bond acceptors (Lipinski definition) is 4. The molecule has 0 unspecified atom stereocenters. The molecule has 2 aromatic carbocycles. The first-order chi connectivity index (χ1) is 9.06. The highest BCUT2D eigenvalue weighted by molar-refractivity contribution is 7.90. The first-order valence-corrected chi connectivity index (χ1v) is 6.91. The van der Waals surface area contributed by atoms with Crippen LogP contribution < -0.4 is 4.74 Å². The van der Waals surface area contributed by atoms with E-state index in [-0.39, 0.29) is 16.5 Å². The van der Waals surface area contributed by atoms with Crippen LogP contribution in [0.3, 0.4) is 0 Å². The van der Waals surface area contributed by atoms with E-state index < -0.39 is 10.0 Å². The molecule has 96 valence electrons. The van der Waals surface area contributed by atoms with Crippen molar-refractivity contribution in [3.63, 3.8) is 0 Å². The van der Waals surface area contributed by atoms with Crippen LogP contribution in [0.5, 0.6) is 11.5 Å². The first kappa shape index (κ1) is 11.7. The zero-order valence-corrected chi connectivity index (χ0v) is 10.5. The van der Waals surface area contributed by atoms with E-state index in [2.05, 4.69) is 4.40 Å². The Morgan fingerprint density at radius 2 is 1.68 bits per heavy atom. The minimum absolute atomic E-state index is 0.0429. The van der Waals surface area contributed by atoms with E-state index in [0.29, 0.717) is 11.3 Å². The number of fused-ring (bicyclic) bond motifs is 1. The predicted molar refractivity (Wildman–Crippen MR) is 68.9 cm³/mol. The summed E-state index contributed by atoms with van der Waals surface area (Å²) in [5, 5.41) is 9.18.